The van der Waals surface area contributed by atoms with Gasteiger partial charge in [-0.3, -0.25) is 0 Å². The topological polar surface area (TPSA) is 44.5 Å². The van der Waals surface area contributed by atoms with Gasteiger partial charge in [0.2, 0.25) is 0 Å². The predicted octanol–water partition coefficient (Wildman–Crippen LogP) is 2.21. The zero-order valence-electron chi connectivity index (χ0n) is 10.2. The van der Waals surface area contributed by atoms with E-state index in [-0.39, 0.29) is 12.1 Å². The molecular weight excluding hydrogens is 221 g/mol. The molecule has 1 aliphatic heterocycles. The Kier molecular flexibility index (Phi) is 3.76. The molecule has 3 nitrogen and oxygen atoms in total. The van der Waals surface area contributed by atoms with Crippen molar-refractivity contribution in [3.8, 4) is 0 Å². The smallest absolute Gasteiger partial charge is 0.159 e. The second kappa shape index (κ2) is 5.12. The van der Waals surface area contributed by atoms with Crippen molar-refractivity contribution < 1.29 is 13.9 Å². The van der Waals surface area contributed by atoms with Crippen molar-refractivity contribution in [2.75, 3.05) is 13.2 Å². The normalized spacial score (nSPS) is 18.6. The summed E-state index contributed by atoms with van der Waals surface area (Å²) in [5.41, 5.74) is 8.38. The molecule has 1 saturated heterocycles. The molecule has 17 heavy (non-hydrogen) atoms. The van der Waals surface area contributed by atoms with E-state index in [1.54, 1.807) is 0 Å². The highest BCUT2D eigenvalue weighted by Crippen LogP contribution is 2.26. The van der Waals surface area contributed by atoms with Crippen LogP contribution in [0.15, 0.2) is 12.1 Å². The van der Waals surface area contributed by atoms with Gasteiger partial charge in [0.1, 0.15) is 5.82 Å². The maximum absolute atomic E-state index is 13.9. The Morgan fingerprint density at radius 1 is 1.35 bits per heavy atom. The van der Waals surface area contributed by atoms with Crippen molar-refractivity contribution in [1.82, 2.24) is 0 Å². The predicted molar refractivity (Wildman–Crippen MR) is 63.1 cm³/mol. The average molecular weight is 239 g/mol. The van der Waals surface area contributed by atoms with E-state index in [0.717, 1.165) is 11.1 Å². The van der Waals surface area contributed by atoms with Gasteiger partial charge in [-0.15, -0.1) is 0 Å². The van der Waals surface area contributed by atoms with Crippen LogP contribution in [0.1, 0.15) is 29.2 Å². The third-order valence-electron chi connectivity index (χ3n) is 2.99. The number of ether oxygens (including phenoxy) is 2. The second-order valence-corrected chi connectivity index (χ2v) is 4.49. The maximum Gasteiger partial charge on any atom is 0.159 e. The molecule has 0 aromatic heterocycles. The minimum atomic E-state index is -0.390. The number of nitrogens with two attached hydrogens (primary N) is 1. The molecule has 1 aromatic carbocycles. The van der Waals surface area contributed by atoms with Gasteiger partial charge in [-0.2, -0.15) is 0 Å². The molecule has 0 amide bonds. The Bertz CT molecular complexity index is 379. The third-order valence-corrected chi connectivity index (χ3v) is 2.99. The number of hydrogen-bond donors (Lipinski definition) is 1. The number of rotatable bonds is 3. The van der Waals surface area contributed by atoms with E-state index in [9.17, 15) is 4.39 Å². The van der Waals surface area contributed by atoms with Gasteiger partial charge in [-0.1, -0.05) is 6.07 Å². The van der Waals surface area contributed by atoms with E-state index in [1.807, 2.05) is 19.9 Å². The molecule has 0 saturated carbocycles. The van der Waals surface area contributed by atoms with Gasteiger partial charge in [0, 0.05) is 18.0 Å². The fraction of sp³-hybridized carbons (Fsp3) is 0.538. The zero-order chi connectivity index (χ0) is 12.4. The summed E-state index contributed by atoms with van der Waals surface area (Å²) in [7, 11) is 0. The highest BCUT2D eigenvalue weighted by atomic mass is 19.1. The molecule has 1 fully saturated rings. The van der Waals surface area contributed by atoms with Gasteiger partial charge in [0.25, 0.3) is 0 Å². The first-order valence-electron chi connectivity index (χ1n) is 5.83. The molecule has 4 heteroatoms. The lowest BCUT2D eigenvalue weighted by molar-refractivity contribution is -0.0509. The van der Waals surface area contributed by atoms with Crippen LogP contribution in [-0.2, 0) is 9.47 Å². The van der Waals surface area contributed by atoms with Crippen LogP contribution in [0.25, 0.3) is 0 Å². The largest absolute Gasteiger partial charge is 0.350 e. The molecule has 1 aliphatic rings. The summed E-state index contributed by atoms with van der Waals surface area (Å²) in [5, 5.41) is 0. The molecule has 1 aromatic rings. The molecule has 0 radical (unpaired) electrons. The quantitative estimate of drug-likeness (QED) is 0.879. The van der Waals surface area contributed by atoms with Gasteiger partial charge in [-0.05, 0) is 31.0 Å². The number of aryl methyl sites for hydroxylation is 2. The molecule has 1 heterocycles. The molecule has 94 valence electrons. The molecule has 2 N–H and O–H groups in total. The van der Waals surface area contributed by atoms with Crippen molar-refractivity contribution in [1.29, 1.82) is 0 Å². The Labute approximate surface area is 101 Å². The molecule has 0 bridgehead atoms. The lowest BCUT2D eigenvalue weighted by atomic mass is 9.97. The van der Waals surface area contributed by atoms with Crippen LogP contribution in [0.4, 0.5) is 4.39 Å². The standard InChI is InChI=1S/C13H18FNO2/c1-8-5-9(2)13(10(14)6-8)11(15)7-12-16-3-4-17-12/h5-6,11-12H,3-4,7,15H2,1-2H3. The SMILES string of the molecule is Cc1cc(C)c(C(N)CC2OCCO2)c(F)c1. The number of hydrogen-bond acceptors (Lipinski definition) is 3. The van der Waals surface area contributed by atoms with Crippen LogP contribution < -0.4 is 5.73 Å². The molecule has 1 atom stereocenters. The van der Waals surface area contributed by atoms with E-state index in [1.165, 1.54) is 6.07 Å². The first-order valence-corrected chi connectivity index (χ1v) is 5.83. The van der Waals surface area contributed by atoms with Crippen LogP contribution in [0.3, 0.4) is 0 Å². The minimum Gasteiger partial charge on any atom is -0.350 e. The summed E-state index contributed by atoms with van der Waals surface area (Å²) in [6.45, 7) is 4.93. The molecular formula is C13H18FNO2. The molecule has 0 aliphatic carbocycles. The summed E-state index contributed by atoms with van der Waals surface area (Å²) < 4.78 is 24.5. The highest BCUT2D eigenvalue weighted by Gasteiger charge is 2.23. The maximum atomic E-state index is 13.9. The van der Waals surface area contributed by atoms with Crippen LogP contribution in [-0.4, -0.2) is 19.5 Å². The number of halogens is 1. The van der Waals surface area contributed by atoms with Gasteiger partial charge < -0.3 is 15.2 Å². The minimum absolute atomic E-state index is 0.243. The summed E-state index contributed by atoms with van der Waals surface area (Å²) in [5.74, 6) is -0.243. The van der Waals surface area contributed by atoms with Crippen LogP contribution in [0, 0.1) is 19.7 Å². The molecule has 2 rings (SSSR count). The second-order valence-electron chi connectivity index (χ2n) is 4.49. The number of benzene rings is 1. The van der Waals surface area contributed by atoms with E-state index in [0.29, 0.717) is 25.2 Å². The molecule has 0 spiro atoms. The zero-order valence-corrected chi connectivity index (χ0v) is 10.2. The summed E-state index contributed by atoms with van der Waals surface area (Å²) >= 11 is 0. The Morgan fingerprint density at radius 3 is 2.59 bits per heavy atom. The fourth-order valence-corrected chi connectivity index (χ4v) is 2.26. The molecule has 1 unspecified atom stereocenters. The first kappa shape index (κ1) is 12.5. The van der Waals surface area contributed by atoms with E-state index in [4.69, 9.17) is 15.2 Å². The van der Waals surface area contributed by atoms with Crippen molar-refractivity contribution in [2.24, 2.45) is 5.73 Å². The van der Waals surface area contributed by atoms with Crippen molar-refractivity contribution in [3.63, 3.8) is 0 Å². The lowest BCUT2D eigenvalue weighted by Crippen LogP contribution is -2.21. The average Bonchev–Trinajstić information content (AvgIpc) is 2.68. The third kappa shape index (κ3) is 2.83. The van der Waals surface area contributed by atoms with Gasteiger partial charge >= 0.3 is 0 Å². The van der Waals surface area contributed by atoms with Crippen LogP contribution in [0.2, 0.25) is 0 Å². The van der Waals surface area contributed by atoms with Crippen molar-refractivity contribution >= 4 is 0 Å². The Hall–Kier alpha value is -0.970. The first-order chi connectivity index (χ1) is 8.08. The Balaban J connectivity index is 2.15. The van der Waals surface area contributed by atoms with Crippen molar-refractivity contribution in [2.45, 2.75) is 32.6 Å². The van der Waals surface area contributed by atoms with Gasteiger partial charge in [0.15, 0.2) is 6.29 Å². The summed E-state index contributed by atoms with van der Waals surface area (Å²) in [6.07, 6.45) is 0.186. The Morgan fingerprint density at radius 2 is 2.00 bits per heavy atom. The monoisotopic (exact) mass is 239 g/mol. The van der Waals surface area contributed by atoms with E-state index < -0.39 is 6.04 Å². The van der Waals surface area contributed by atoms with Crippen molar-refractivity contribution in [3.05, 3.63) is 34.6 Å². The highest BCUT2D eigenvalue weighted by molar-refractivity contribution is 5.34. The fourth-order valence-electron chi connectivity index (χ4n) is 2.26. The van der Waals surface area contributed by atoms with Gasteiger partial charge in [-0.25, -0.2) is 4.39 Å². The van der Waals surface area contributed by atoms with Crippen LogP contribution in [0.5, 0.6) is 0 Å². The lowest BCUT2D eigenvalue weighted by Gasteiger charge is -2.19. The van der Waals surface area contributed by atoms with E-state index in [2.05, 4.69) is 0 Å². The van der Waals surface area contributed by atoms with E-state index >= 15 is 0 Å². The van der Waals surface area contributed by atoms with Crippen LogP contribution >= 0.6 is 0 Å². The summed E-state index contributed by atoms with van der Waals surface area (Å²) in [4.78, 5) is 0. The van der Waals surface area contributed by atoms with Gasteiger partial charge in [0.05, 0.1) is 13.2 Å². The summed E-state index contributed by atoms with van der Waals surface area (Å²) in [6, 6.07) is 3.06.